The Morgan fingerprint density at radius 1 is 1.11 bits per heavy atom. The highest BCUT2D eigenvalue weighted by atomic mass is 35.5. The van der Waals surface area contributed by atoms with E-state index in [-0.39, 0.29) is 11.8 Å². The summed E-state index contributed by atoms with van der Waals surface area (Å²) in [4.78, 5) is 30.7. The molecule has 3 aromatic carbocycles. The highest BCUT2D eigenvalue weighted by molar-refractivity contribution is 6.34. The molecule has 0 saturated heterocycles. The molecule has 0 radical (unpaired) electrons. The molecule has 1 atom stereocenters. The SMILES string of the molecule is C=CCN(C)CCC1CCCN(C(=O)c2ccc(NC(=O)c3ccccc3Cl)cc2C)c2ccc(Cl)cc21. The summed E-state index contributed by atoms with van der Waals surface area (Å²) in [5.41, 5.74) is 4.44. The highest BCUT2D eigenvalue weighted by Crippen LogP contribution is 2.39. The molecule has 1 N–H and O–H groups in total. The first-order chi connectivity index (χ1) is 18.3. The van der Waals surface area contributed by atoms with Crippen LogP contribution in [-0.2, 0) is 0 Å². The number of amides is 2. The fourth-order valence-electron chi connectivity index (χ4n) is 5.04. The van der Waals surface area contributed by atoms with Gasteiger partial charge in [-0.05, 0) is 105 Å². The molecule has 0 saturated carbocycles. The Morgan fingerprint density at radius 3 is 2.63 bits per heavy atom. The lowest BCUT2D eigenvalue weighted by atomic mass is 9.91. The van der Waals surface area contributed by atoms with Gasteiger partial charge in [-0.1, -0.05) is 41.4 Å². The smallest absolute Gasteiger partial charge is 0.258 e. The van der Waals surface area contributed by atoms with Gasteiger partial charge in [-0.2, -0.15) is 0 Å². The average Bonchev–Trinajstić information content (AvgIpc) is 3.06. The number of carbonyl (C=O) groups is 2. The van der Waals surface area contributed by atoms with Gasteiger partial charge >= 0.3 is 0 Å². The minimum Gasteiger partial charge on any atom is -0.322 e. The molecular weight excluding hydrogens is 517 g/mol. The third-order valence-corrected chi connectivity index (χ3v) is 7.60. The number of nitrogens with one attached hydrogen (secondary N) is 1. The van der Waals surface area contributed by atoms with Crippen LogP contribution < -0.4 is 10.2 Å². The second kappa shape index (κ2) is 12.6. The first kappa shape index (κ1) is 27.9. The van der Waals surface area contributed by atoms with Crippen molar-refractivity contribution in [3.63, 3.8) is 0 Å². The zero-order chi connectivity index (χ0) is 27.2. The zero-order valence-electron chi connectivity index (χ0n) is 21.8. The third-order valence-electron chi connectivity index (χ3n) is 7.03. The van der Waals surface area contributed by atoms with Gasteiger partial charge in [0.05, 0.1) is 10.6 Å². The predicted molar refractivity (Wildman–Crippen MR) is 158 cm³/mol. The van der Waals surface area contributed by atoms with Gasteiger partial charge in [-0.25, -0.2) is 0 Å². The molecule has 5 nitrogen and oxygen atoms in total. The summed E-state index contributed by atoms with van der Waals surface area (Å²) in [6.45, 7) is 8.14. The minimum absolute atomic E-state index is 0.0560. The molecule has 1 aliphatic rings. The highest BCUT2D eigenvalue weighted by Gasteiger charge is 2.28. The summed E-state index contributed by atoms with van der Waals surface area (Å²) >= 11 is 12.6. The maximum absolute atomic E-state index is 13.8. The molecule has 1 heterocycles. The van der Waals surface area contributed by atoms with Gasteiger partial charge in [0.25, 0.3) is 11.8 Å². The predicted octanol–water partition coefficient (Wildman–Crippen LogP) is 7.59. The number of anilines is 2. The fourth-order valence-corrected chi connectivity index (χ4v) is 5.44. The van der Waals surface area contributed by atoms with E-state index in [1.807, 2.05) is 42.2 Å². The van der Waals surface area contributed by atoms with Crippen LogP contribution >= 0.6 is 23.2 Å². The van der Waals surface area contributed by atoms with Crippen molar-refractivity contribution >= 4 is 46.4 Å². The molecular formula is C31H33Cl2N3O2. The molecule has 0 fully saturated rings. The second-order valence-corrected chi connectivity index (χ2v) is 10.6. The van der Waals surface area contributed by atoms with Crippen LogP contribution in [0.5, 0.6) is 0 Å². The number of rotatable bonds is 8. The van der Waals surface area contributed by atoms with E-state index in [0.29, 0.717) is 39.3 Å². The topological polar surface area (TPSA) is 52.6 Å². The Balaban J connectivity index is 1.56. The van der Waals surface area contributed by atoms with Gasteiger partial charge in [-0.15, -0.1) is 6.58 Å². The van der Waals surface area contributed by atoms with E-state index in [1.165, 1.54) is 0 Å². The Hall–Kier alpha value is -3.12. The number of benzene rings is 3. The van der Waals surface area contributed by atoms with Crippen LogP contribution in [0.3, 0.4) is 0 Å². The van der Waals surface area contributed by atoms with Gasteiger partial charge in [0.2, 0.25) is 0 Å². The Morgan fingerprint density at radius 2 is 1.89 bits per heavy atom. The van der Waals surface area contributed by atoms with Crippen LogP contribution in [0.25, 0.3) is 0 Å². The van der Waals surface area contributed by atoms with Crippen LogP contribution in [-0.4, -0.2) is 43.4 Å². The molecule has 198 valence electrons. The quantitative estimate of drug-likeness (QED) is 0.294. The molecule has 1 aliphatic heterocycles. The second-order valence-electron chi connectivity index (χ2n) is 9.80. The van der Waals surface area contributed by atoms with E-state index < -0.39 is 0 Å². The van der Waals surface area contributed by atoms with Gasteiger partial charge in [0.1, 0.15) is 0 Å². The van der Waals surface area contributed by atoms with E-state index in [4.69, 9.17) is 23.2 Å². The average molecular weight is 551 g/mol. The maximum atomic E-state index is 13.8. The monoisotopic (exact) mass is 549 g/mol. The molecule has 7 heteroatoms. The van der Waals surface area contributed by atoms with Crippen molar-refractivity contribution in [2.45, 2.75) is 32.1 Å². The van der Waals surface area contributed by atoms with E-state index in [1.54, 1.807) is 36.4 Å². The van der Waals surface area contributed by atoms with Crippen molar-refractivity contribution in [1.29, 1.82) is 0 Å². The number of carbonyl (C=O) groups excluding carboxylic acids is 2. The fraction of sp³-hybridized carbons (Fsp3) is 0.290. The van der Waals surface area contributed by atoms with Crippen LogP contribution in [0.2, 0.25) is 10.0 Å². The number of fused-ring (bicyclic) bond motifs is 1. The number of nitrogens with zero attached hydrogens (tertiary/aromatic N) is 2. The largest absolute Gasteiger partial charge is 0.322 e. The molecule has 3 aromatic rings. The van der Waals surface area contributed by atoms with Gasteiger partial charge < -0.3 is 15.1 Å². The normalized spacial score (nSPS) is 15.1. The first-order valence-corrected chi connectivity index (χ1v) is 13.6. The molecule has 0 spiro atoms. The summed E-state index contributed by atoms with van der Waals surface area (Å²) in [5, 5.41) is 3.95. The molecule has 38 heavy (non-hydrogen) atoms. The van der Waals surface area contributed by atoms with Crippen molar-refractivity contribution < 1.29 is 9.59 Å². The van der Waals surface area contributed by atoms with Gasteiger partial charge in [0, 0.05) is 35.1 Å². The van der Waals surface area contributed by atoms with E-state index in [0.717, 1.165) is 49.2 Å². The van der Waals surface area contributed by atoms with Crippen molar-refractivity contribution in [3.05, 3.63) is 106 Å². The lowest BCUT2D eigenvalue weighted by molar-refractivity contribution is 0.0985. The molecule has 4 rings (SSSR count). The van der Waals surface area contributed by atoms with Crippen LogP contribution in [0.4, 0.5) is 11.4 Å². The molecule has 2 amide bonds. The van der Waals surface area contributed by atoms with Crippen molar-refractivity contribution in [2.24, 2.45) is 0 Å². The summed E-state index contributed by atoms with van der Waals surface area (Å²) < 4.78 is 0. The lowest BCUT2D eigenvalue weighted by Gasteiger charge is -2.26. The Kier molecular flexibility index (Phi) is 9.26. The summed E-state index contributed by atoms with van der Waals surface area (Å²) in [6.07, 6.45) is 4.79. The molecule has 1 unspecified atom stereocenters. The number of hydrogen-bond acceptors (Lipinski definition) is 3. The summed E-state index contributed by atoms with van der Waals surface area (Å²) in [5.74, 6) is -0.0334. The zero-order valence-corrected chi connectivity index (χ0v) is 23.4. The number of likely N-dealkylation sites (N-methyl/N-ethyl adjacent to an activating group) is 1. The van der Waals surface area contributed by atoms with Gasteiger partial charge in [0.15, 0.2) is 0 Å². The molecule has 0 aromatic heterocycles. The Labute approximate surface area is 235 Å². The maximum Gasteiger partial charge on any atom is 0.258 e. The minimum atomic E-state index is -0.294. The first-order valence-electron chi connectivity index (χ1n) is 12.9. The summed E-state index contributed by atoms with van der Waals surface area (Å²) in [7, 11) is 2.09. The Bertz CT molecular complexity index is 1340. The van der Waals surface area contributed by atoms with E-state index in [2.05, 4.69) is 23.8 Å². The van der Waals surface area contributed by atoms with Crippen molar-refractivity contribution in [3.8, 4) is 0 Å². The number of aryl methyl sites for hydroxylation is 1. The third kappa shape index (κ3) is 6.47. The summed E-state index contributed by atoms with van der Waals surface area (Å²) in [6, 6.07) is 18.1. The van der Waals surface area contributed by atoms with Crippen LogP contribution in [0.1, 0.15) is 57.0 Å². The number of halogens is 2. The lowest BCUT2D eigenvalue weighted by Crippen LogP contribution is -2.32. The van der Waals surface area contributed by atoms with Gasteiger partial charge in [-0.3, -0.25) is 9.59 Å². The molecule has 0 bridgehead atoms. The number of hydrogen-bond donors (Lipinski definition) is 1. The van der Waals surface area contributed by atoms with Crippen LogP contribution in [0, 0.1) is 6.92 Å². The van der Waals surface area contributed by atoms with Crippen molar-refractivity contribution in [1.82, 2.24) is 4.90 Å². The standard InChI is InChI=1S/C31H33Cl2N3O2/c1-4-16-35(3)18-15-22-8-7-17-36(29-14-11-23(32)20-27(22)29)31(38)25-13-12-24(19-21(25)2)34-30(37)26-9-5-6-10-28(26)33/h4-6,9-14,19-20,22H,1,7-8,15-18H2,2-3H3,(H,34,37). The van der Waals surface area contributed by atoms with Crippen LogP contribution in [0.15, 0.2) is 73.3 Å². The van der Waals surface area contributed by atoms with E-state index in [9.17, 15) is 9.59 Å². The van der Waals surface area contributed by atoms with Crippen molar-refractivity contribution in [2.75, 3.05) is 36.9 Å². The van der Waals surface area contributed by atoms with E-state index >= 15 is 0 Å². The molecule has 0 aliphatic carbocycles.